The molecule has 0 atom stereocenters. The summed E-state index contributed by atoms with van der Waals surface area (Å²) in [6.07, 6.45) is 4.82. The minimum absolute atomic E-state index is 0.149. The van der Waals surface area contributed by atoms with Gasteiger partial charge in [-0.15, -0.1) is 0 Å². The van der Waals surface area contributed by atoms with Gasteiger partial charge in [0, 0.05) is 40.3 Å². The second-order valence-corrected chi connectivity index (χ2v) is 13.2. The lowest BCUT2D eigenvalue weighted by Gasteiger charge is -2.21. The minimum Gasteiger partial charge on any atom is -0.497 e. The fourth-order valence-electron chi connectivity index (χ4n) is 5.38. The normalized spacial score (nSPS) is 15.8. The number of methoxy groups -OCH3 is 1. The van der Waals surface area contributed by atoms with E-state index < -0.39 is 22.5 Å². The number of nitrogens with zero attached hydrogens (tertiary/aromatic N) is 3. The van der Waals surface area contributed by atoms with E-state index in [0.717, 1.165) is 41.7 Å². The van der Waals surface area contributed by atoms with Crippen LogP contribution >= 0.6 is 0 Å². The van der Waals surface area contributed by atoms with Gasteiger partial charge in [0.05, 0.1) is 25.1 Å². The number of carbonyl (C=O) groups is 2. The maximum Gasteiger partial charge on any atom is 0.243 e. The van der Waals surface area contributed by atoms with Gasteiger partial charge in [0.1, 0.15) is 5.75 Å². The third kappa shape index (κ3) is 7.41. The second kappa shape index (κ2) is 12.7. The lowest BCUT2D eigenvalue weighted by Crippen LogP contribution is -2.43. The summed E-state index contributed by atoms with van der Waals surface area (Å²) >= 11 is 0. The Morgan fingerprint density at radius 3 is 2.30 bits per heavy atom. The van der Waals surface area contributed by atoms with Gasteiger partial charge in [0.2, 0.25) is 21.8 Å². The zero-order valence-corrected chi connectivity index (χ0v) is 25.1. The Morgan fingerprint density at radius 1 is 1.02 bits per heavy atom. The van der Waals surface area contributed by atoms with Crippen LogP contribution in [0.4, 0.5) is 0 Å². The lowest BCUT2D eigenvalue weighted by molar-refractivity contribution is -0.132. The third-order valence-corrected chi connectivity index (χ3v) is 9.97. The Kier molecular flexibility index (Phi) is 9.53. The molecule has 2 aromatic rings. The van der Waals surface area contributed by atoms with Crippen molar-refractivity contribution in [3.63, 3.8) is 0 Å². The summed E-state index contributed by atoms with van der Waals surface area (Å²) in [7, 11) is 0.676. The number of likely N-dealkylation sites (N-methyl/N-ethyl adjacent to an activating group) is 2. The van der Waals surface area contributed by atoms with Gasteiger partial charge < -0.3 is 19.9 Å². The van der Waals surface area contributed by atoms with Gasteiger partial charge in [-0.1, -0.05) is 18.2 Å². The molecule has 1 heterocycles. The Balaban J connectivity index is 1.27. The highest BCUT2D eigenvalue weighted by Crippen LogP contribution is 2.31. The molecule has 2 amide bonds. The number of hydrogen-bond acceptors (Lipinski definition) is 6. The molecule has 10 heteroatoms. The first-order chi connectivity index (χ1) is 19.0. The van der Waals surface area contributed by atoms with Crippen molar-refractivity contribution in [1.29, 1.82) is 0 Å². The first-order valence-corrected chi connectivity index (χ1v) is 15.4. The number of carbonyl (C=O) groups excluding carboxylic acids is 2. The fraction of sp³-hybridized carbons (Fsp3) is 0.533. The van der Waals surface area contributed by atoms with Crippen LogP contribution in [-0.2, 0) is 39.0 Å². The maximum atomic E-state index is 13.2. The lowest BCUT2D eigenvalue weighted by atomic mass is 10.00. The predicted octanol–water partition coefficient (Wildman–Crippen LogP) is 2.52. The molecule has 9 nitrogen and oxygen atoms in total. The van der Waals surface area contributed by atoms with Crippen LogP contribution in [0.1, 0.15) is 40.7 Å². The van der Waals surface area contributed by atoms with Crippen LogP contribution < -0.4 is 10.1 Å². The van der Waals surface area contributed by atoms with Crippen LogP contribution in [0.25, 0.3) is 0 Å². The van der Waals surface area contributed by atoms with E-state index >= 15 is 0 Å². The summed E-state index contributed by atoms with van der Waals surface area (Å²) in [4.78, 5) is 29.6. The van der Waals surface area contributed by atoms with Gasteiger partial charge >= 0.3 is 0 Å². The second-order valence-electron chi connectivity index (χ2n) is 11.2. The molecule has 0 unspecified atom stereocenters. The standard InChI is InChI=1S/C30H42N4O5S/c1-21-14-27(39-5)15-22(2)30(21)40(37,38)33(4)20-28(35)31-17-29(36)32(3)18-24-8-9-25-10-12-34(19-23-6-7-23)13-11-26(25)16-24/h8-9,14-16,23H,6-7,10-13,17-20H2,1-5H3,(H,31,35). The van der Waals surface area contributed by atoms with Gasteiger partial charge in [-0.3, -0.25) is 9.59 Å². The van der Waals surface area contributed by atoms with Crippen LogP contribution in [0.2, 0.25) is 0 Å². The van der Waals surface area contributed by atoms with Gasteiger partial charge in [-0.2, -0.15) is 4.31 Å². The topological polar surface area (TPSA) is 99.3 Å². The third-order valence-electron chi connectivity index (χ3n) is 7.87. The number of rotatable bonds is 11. The molecule has 2 aromatic carbocycles. The molecule has 2 aliphatic rings. The van der Waals surface area contributed by atoms with Crippen LogP contribution in [0, 0.1) is 19.8 Å². The number of fused-ring (bicyclic) bond motifs is 1. The first kappa shape index (κ1) is 30.0. The van der Waals surface area contributed by atoms with Gasteiger partial charge in [-0.25, -0.2) is 8.42 Å². The van der Waals surface area contributed by atoms with Crippen LogP contribution in [0.3, 0.4) is 0 Å². The summed E-state index contributed by atoms with van der Waals surface area (Å²) < 4.78 is 32.6. The van der Waals surface area contributed by atoms with Crippen molar-refractivity contribution in [3.05, 3.63) is 58.1 Å². The molecule has 1 N–H and O–H groups in total. The fourth-order valence-corrected chi connectivity index (χ4v) is 6.91. The molecule has 1 fully saturated rings. The molecule has 40 heavy (non-hydrogen) atoms. The zero-order chi connectivity index (χ0) is 29.0. The average Bonchev–Trinajstić information content (AvgIpc) is 3.74. The van der Waals surface area contributed by atoms with Crippen molar-refractivity contribution < 1.29 is 22.7 Å². The summed E-state index contributed by atoms with van der Waals surface area (Å²) in [6.45, 7) is 6.63. The van der Waals surface area contributed by atoms with E-state index in [1.54, 1.807) is 37.9 Å². The van der Waals surface area contributed by atoms with Gasteiger partial charge in [0.25, 0.3) is 0 Å². The molecule has 0 aromatic heterocycles. The Hall–Kier alpha value is -2.95. The molecule has 1 aliphatic carbocycles. The van der Waals surface area contributed by atoms with Crippen molar-refractivity contribution in [2.75, 3.05) is 53.9 Å². The van der Waals surface area contributed by atoms with Crippen molar-refractivity contribution in [2.24, 2.45) is 5.92 Å². The largest absolute Gasteiger partial charge is 0.497 e. The number of benzene rings is 2. The molecular formula is C30H42N4O5S. The van der Waals surface area contributed by atoms with Gasteiger partial charge in [-0.05, 0) is 85.4 Å². The van der Waals surface area contributed by atoms with Crippen molar-refractivity contribution >= 4 is 21.8 Å². The highest BCUT2D eigenvalue weighted by molar-refractivity contribution is 7.89. The number of nitrogens with one attached hydrogen (secondary N) is 1. The zero-order valence-electron chi connectivity index (χ0n) is 24.3. The first-order valence-electron chi connectivity index (χ1n) is 13.9. The van der Waals surface area contributed by atoms with Crippen LogP contribution in [-0.4, -0.2) is 88.3 Å². The maximum absolute atomic E-state index is 13.2. The number of aryl methyl sites for hydroxylation is 2. The summed E-state index contributed by atoms with van der Waals surface area (Å²) in [5, 5.41) is 2.57. The van der Waals surface area contributed by atoms with E-state index in [2.05, 4.69) is 28.4 Å². The minimum atomic E-state index is -3.91. The monoisotopic (exact) mass is 570 g/mol. The molecule has 0 radical (unpaired) electrons. The van der Waals surface area contributed by atoms with Gasteiger partial charge in [0.15, 0.2) is 0 Å². The number of amides is 2. The highest BCUT2D eigenvalue weighted by Gasteiger charge is 2.28. The van der Waals surface area contributed by atoms with E-state index in [1.165, 1.54) is 44.7 Å². The molecule has 0 saturated heterocycles. The predicted molar refractivity (Wildman–Crippen MR) is 155 cm³/mol. The van der Waals surface area contributed by atoms with E-state index in [0.29, 0.717) is 23.4 Å². The summed E-state index contributed by atoms with van der Waals surface area (Å²) in [5.41, 5.74) is 4.88. The summed E-state index contributed by atoms with van der Waals surface area (Å²) in [6, 6.07) is 9.78. The number of sulfonamides is 1. The Morgan fingerprint density at radius 2 is 1.68 bits per heavy atom. The van der Waals surface area contributed by atoms with E-state index in [-0.39, 0.29) is 17.3 Å². The summed E-state index contributed by atoms with van der Waals surface area (Å²) in [5.74, 6) is 0.672. The van der Waals surface area contributed by atoms with Crippen molar-refractivity contribution in [1.82, 2.24) is 19.4 Å². The van der Waals surface area contributed by atoms with E-state index in [4.69, 9.17) is 4.74 Å². The van der Waals surface area contributed by atoms with Crippen LogP contribution in [0.5, 0.6) is 5.75 Å². The Labute approximate surface area is 238 Å². The molecule has 0 spiro atoms. The smallest absolute Gasteiger partial charge is 0.243 e. The van der Waals surface area contributed by atoms with Crippen molar-refractivity contribution in [3.8, 4) is 5.75 Å². The molecule has 0 bridgehead atoms. The number of ether oxygens (including phenoxy) is 1. The van der Waals surface area contributed by atoms with E-state index in [1.807, 2.05) is 0 Å². The molecule has 4 rings (SSSR count). The number of hydrogen-bond donors (Lipinski definition) is 1. The highest BCUT2D eigenvalue weighted by atomic mass is 32.2. The Bertz CT molecular complexity index is 1330. The average molecular weight is 571 g/mol. The van der Waals surface area contributed by atoms with Crippen molar-refractivity contribution in [2.45, 2.75) is 51.0 Å². The molecule has 1 aliphatic heterocycles. The SMILES string of the molecule is COc1cc(C)c(S(=O)(=O)N(C)CC(=O)NCC(=O)N(C)Cc2ccc3c(c2)CCN(CC2CC2)CC3)c(C)c1. The van der Waals surface area contributed by atoms with E-state index in [9.17, 15) is 18.0 Å². The molecule has 218 valence electrons. The van der Waals surface area contributed by atoms with Crippen LogP contribution in [0.15, 0.2) is 35.2 Å². The molecule has 1 saturated carbocycles. The molecular weight excluding hydrogens is 528 g/mol. The quantitative estimate of drug-likeness (QED) is 0.446.